The summed E-state index contributed by atoms with van der Waals surface area (Å²) in [7, 11) is -2.52. The number of allylic oxidation sites excluding steroid dienone is 4. The van der Waals surface area contributed by atoms with Crippen molar-refractivity contribution in [3.63, 3.8) is 0 Å². The Labute approximate surface area is 437 Å². The van der Waals surface area contributed by atoms with Gasteiger partial charge in [-0.25, -0.2) is 30.6 Å². The topological polar surface area (TPSA) is 141 Å². The van der Waals surface area contributed by atoms with E-state index in [1.807, 2.05) is 107 Å². The molecular weight excluding hydrogens is 985 g/mol. The van der Waals surface area contributed by atoms with Crippen LogP contribution < -0.4 is 0 Å². The molecule has 8 rings (SSSR count). The summed E-state index contributed by atoms with van der Waals surface area (Å²) < 4.78 is 12.4. The fraction of sp³-hybridized carbons (Fsp3) is 0.412. The van der Waals surface area contributed by atoms with Crippen LogP contribution in [0.25, 0.3) is 0 Å². The van der Waals surface area contributed by atoms with Crippen molar-refractivity contribution in [2.75, 3.05) is 0 Å². The van der Waals surface area contributed by atoms with E-state index in [1.54, 1.807) is 0 Å². The van der Waals surface area contributed by atoms with Gasteiger partial charge < -0.3 is 27.6 Å². The summed E-state index contributed by atoms with van der Waals surface area (Å²) in [6.07, 6.45) is 3.35. The first kappa shape index (κ1) is 55.4. The van der Waals surface area contributed by atoms with Crippen molar-refractivity contribution in [2.45, 2.75) is 132 Å². The molecule has 0 saturated heterocycles. The van der Waals surface area contributed by atoms with Crippen LogP contribution in [0, 0.1) is 141 Å². The van der Waals surface area contributed by atoms with Crippen LogP contribution in [0.15, 0.2) is 90.0 Å². The van der Waals surface area contributed by atoms with E-state index in [4.69, 9.17) is 30.6 Å². The van der Waals surface area contributed by atoms with Crippen molar-refractivity contribution in [1.29, 1.82) is 0 Å². The number of carbonyl (C=O) groups excluding carboxylic acids is 2. The van der Waals surface area contributed by atoms with Gasteiger partial charge >= 0.3 is 14.2 Å². The molecule has 1 aromatic carbocycles. The molecule has 1 aliphatic carbocycles. The normalized spacial score (nSPS) is 12.7. The van der Waals surface area contributed by atoms with Crippen molar-refractivity contribution in [1.82, 2.24) is 58.1 Å². The third-order valence-electron chi connectivity index (χ3n) is 11.9. The van der Waals surface area contributed by atoms with Gasteiger partial charge in [0.15, 0.2) is 0 Å². The Morgan fingerprint density at radius 2 is 0.662 bits per heavy atom. The van der Waals surface area contributed by atoms with E-state index in [2.05, 4.69) is 125 Å². The van der Waals surface area contributed by atoms with Crippen molar-refractivity contribution in [3.8, 4) is 0 Å². The molecule has 0 aliphatic heterocycles. The maximum atomic E-state index is 11.8. The fourth-order valence-electron chi connectivity index (χ4n) is 8.66. The minimum absolute atomic E-state index is 0. The first-order chi connectivity index (χ1) is 31.2. The van der Waals surface area contributed by atoms with Crippen LogP contribution >= 0.6 is 0 Å². The second-order valence-electron chi connectivity index (χ2n) is 20.4. The van der Waals surface area contributed by atoms with Crippen LogP contribution in [-0.4, -0.2) is 84.0 Å². The molecule has 0 bridgehead atoms. The largest absolute Gasteiger partial charge is 0.400 e. The Balaban J connectivity index is 0.000000208. The van der Waals surface area contributed by atoms with Crippen LogP contribution in [0.5, 0.6) is 0 Å². The summed E-state index contributed by atoms with van der Waals surface area (Å²) in [6, 6.07) is 22.8. The molecular formula is C51H72B2N12O2Sm-2. The zero-order valence-electron chi connectivity index (χ0n) is 44.0. The maximum Gasteiger partial charge on any atom is 0.326 e. The average Bonchev–Trinajstić information content (AvgIpc) is 4.06. The molecule has 0 fully saturated rings. The number of rotatable bonds is 6. The van der Waals surface area contributed by atoms with E-state index in [-0.39, 0.29) is 57.0 Å². The number of ketones is 2. The van der Waals surface area contributed by atoms with E-state index in [0.29, 0.717) is 5.57 Å². The minimum atomic E-state index is -1.26. The van der Waals surface area contributed by atoms with Crippen molar-refractivity contribution in [3.05, 3.63) is 164 Å². The number of Topliss-reactive ketones (excluding diaryl/α,β-unsaturated/α-hetero) is 1. The fourth-order valence-corrected chi connectivity index (χ4v) is 8.66. The molecule has 0 atom stereocenters. The van der Waals surface area contributed by atoms with Crippen LogP contribution in [0.1, 0.15) is 115 Å². The average molecular weight is 1060 g/mol. The van der Waals surface area contributed by atoms with Gasteiger partial charge in [0.25, 0.3) is 0 Å². The third-order valence-corrected chi connectivity index (χ3v) is 11.9. The van der Waals surface area contributed by atoms with E-state index in [0.717, 1.165) is 73.9 Å². The number of benzene rings is 1. The van der Waals surface area contributed by atoms with Crippen molar-refractivity contribution < 1.29 is 50.0 Å². The molecule has 0 amide bonds. The van der Waals surface area contributed by atoms with Gasteiger partial charge in [-0.2, -0.15) is 0 Å². The minimum Gasteiger partial charge on any atom is -0.400 e. The van der Waals surface area contributed by atoms with E-state index < -0.39 is 20.0 Å². The molecule has 68 heavy (non-hydrogen) atoms. The van der Waals surface area contributed by atoms with Crippen LogP contribution in [0.3, 0.4) is 0 Å². The molecule has 17 heteroatoms. The van der Waals surface area contributed by atoms with Crippen LogP contribution in [0.2, 0.25) is 0 Å². The summed E-state index contributed by atoms with van der Waals surface area (Å²) in [5.74, 6) is -0.752. The van der Waals surface area contributed by atoms with Gasteiger partial charge in [0.2, 0.25) is 11.6 Å². The Hall–Kier alpha value is -5.23. The number of hydrogen-bond acceptors (Lipinski definition) is 8. The van der Waals surface area contributed by atoms with Gasteiger partial charge in [-0.15, -0.1) is 0 Å². The number of aromatic nitrogens is 12. The second-order valence-corrected chi connectivity index (χ2v) is 20.4. The molecule has 7 aromatic rings. The number of nitrogens with zero attached hydrogens (tertiary/aromatic N) is 12. The van der Waals surface area contributed by atoms with Crippen LogP contribution in [-0.2, 0) is 9.59 Å². The molecule has 6 aromatic heterocycles. The zero-order chi connectivity index (χ0) is 49.9. The summed E-state index contributed by atoms with van der Waals surface area (Å²) in [5, 5.41) is 28.2. The van der Waals surface area contributed by atoms with E-state index in [9.17, 15) is 9.59 Å². The van der Waals surface area contributed by atoms with E-state index >= 15 is 0 Å². The predicted molar refractivity (Wildman–Crippen MR) is 273 cm³/mol. The Bertz CT molecular complexity index is 2570. The zero-order valence-corrected chi connectivity index (χ0v) is 46.6. The molecule has 1 aliphatic rings. The predicted octanol–water partition coefficient (Wildman–Crippen LogP) is 8.66. The Morgan fingerprint density at radius 1 is 0.397 bits per heavy atom. The van der Waals surface area contributed by atoms with Gasteiger partial charge in [0, 0.05) is 46.0 Å². The molecule has 0 spiro atoms. The smallest absolute Gasteiger partial charge is 0.326 e. The van der Waals surface area contributed by atoms with Gasteiger partial charge in [0.05, 0.1) is 34.2 Å². The number of carbonyl (C=O) groups is 2. The van der Waals surface area contributed by atoms with Gasteiger partial charge in [0.1, 0.15) is 0 Å². The summed E-state index contributed by atoms with van der Waals surface area (Å²) in [6.45, 7) is 38.6. The standard InChI is InChI=1S/2C15H22BN6.C14H20O2.C7H8.Sm/c2*1-10-7-13(4)20(17-10)16(21-14(5)8-11(2)18-21)22-15(6)9-12(3)19-22;1-13(2,3)9-7-10(14(4,5)6)12(16)11(15)8-9;1-7-5-3-2-4-6-7;/h2*7-9,16H,1-6H3;7-8H,1-6H3;2-6H,1H3;/q2*-1;;;. The SMILES string of the molecule is CC(C)(C)C1=CC(=O)C(=O)C(C(C)(C)C)=C1.Cc1cc(C)n([BH-](n2nc(C)cc2C)n2nc(C)cc2C)n1.Cc1cc(C)n([BH-](n2nc(C)cc2C)n2nc(C)cc2C)n1.Cc1ccccc1.[Sm]. The monoisotopic (exact) mass is 1060 g/mol. The number of hydrogen-bond donors (Lipinski definition) is 0. The molecule has 14 nitrogen and oxygen atoms in total. The summed E-state index contributed by atoms with van der Waals surface area (Å²) in [5.41, 5.74) is 15.3. The van der Waals surface area contributed by atoms with Gasteiger partial charge in [-0.1, -0.05) is 83.5 Å². The quantitative estimate of drug-likeness (QED) is 0.0916. The van der Waals surface area contributed by atoms with E-state index in [1.165, 1.54) is 11.6 Å². The molecule has 0 N–H and O–H groups in total. The third kappa shape index (κ3) is 13.5. The molecule has 362 valence electrons. The Morgan fingerprint density at radius 3 is 0.838 bits per heavy atom. The summed E-state index contributed by atoms with van der Waals surface area (Å²) >= 11 is 0. The van der Waals surface area contributed by atoms with Crippen LogP contribution in [0.4, 0.5) is 0 Å². The maximum absolute atomic E-state index is 11.8. The molecule has 0 saturated carbocycles. The summed E-state index contributed by atoms with van der Waals surface area (Å²) in [4.78, 5) is 23.4. The second kappa shape index (κ2) is 22.5. The molecule has 0 unspecified atom stereocenters. The first-order valence-electron chi connectivity index (χ1n) is 23.2. The first-order valence-corrected chi connectivity index (χ1v) is 23.2. The molecule has 0 radical (unpaired) electrons. The van der Waals surface area contributed by atoms with Crippen molar-refractivity contribution >= 4 is 25.8 Å². The van der Waals surface area contributed by atoms with Gasteiger partial charge in [-0.05, 0) is 183 Å². The number of aryl methyl sites for hydroxylation is 13. The molecule has 6 heterocycles. The van der Waals surface area contributed by atoms with Crippen molar-refractivity contribution in [2.24, 2.45) is 10.8 Å². The Kier molecular flexibility index (Phi) is 18.3. The van der Waals surface area contributed by atoms with Gasteiger partial charge in [-0.3, -0.25) is 9.59 Å².